The van der Waals surface area contributed by atoms with E-state index in [1.54, 1.807) is 4.90 Å². The molecular formula is C21H42IN5O. The summed E-state index contributed by atoms with van der Waals surface area (Å²) in [4.78, 5) is 21.9. The summed E-state index contributed by atoms with van der Waals surface area (Å²) in [7, 11) is 3.72. The fourth-order valence-electron chi connectivity index (χ4n) is 4.51. The standard InChI is InChI=1S/C21H41N5O.HI/c1-5-13-26-14-9-18(10-15-26)16-23-20(22-6-2)24-17-21(11-7-8-12-21)19(27)25(3)4;/h18H,5-17H2,1-4H3,(H2,22,23,24);1H. The van der Waals surface area contributed by atoms with Crippen LogP contribution in [-0.4, -0.2) is 75.0 Å². The summed E-state index contributed by atoms with van der Waals surface area (Å²) in [5, 5.41) is 6.91. The fourth-order valence-corrected chi connectivity index (χ4v) is 4.51. The molecule has 0 radical (unpaired) electrons. The Morgan fingerprint density at radius 1 is 1.14 bits per heavy atom. The molecule has 1 saturated heterocycles. The van der Waals surface area contributed by atoms with Crippen LogP contribution >= 0.6 is 24.0 Å². The molecule has 1 heterocycles. The van der Waals surface area contributed by atoms with Gasteiger partial charge in [0.05, 0.1) is 12.0 Å². The van der Waals surface area contributed by atoms with Crippen LogP contribution in [0.2, 0.25) is 0 Å². The molecule has 28 heavy (non-hydrogen) atoms. The Morgan fingerprint density at radius 2 is 1.79 bits per heavy atom. The monoisotopic (exact) mass is 507 g/mol. The minimum absolute atomic E-state index is 0. The van der Waals surface area contributed by atoms with Crippen molar-refractivity contribution in [3.05, 3.63) is 0 Å². The molecule has 0 atom stereocenters. The van der Waals surface area contributed by atoms with E-state index in [-0.39, 0.29) is 35.3 Å². The molecule has 0 unspecified atom stereocenters. The number of nitrogens with one attached hydrogen (secondary N) is 2. The van der Waals surface area contributed by atoms with Crippen LogP contribution < -0.4 is 10.6 Å². The van der Waals surface area contributed by atoms with Crippen LogP contribution in [0.25, 0.3) is 0 Å². The summed E-state index contributed by atoms with van der Waals surface area (Å²) in [6, 6.07) is 0. The van der Waals surface area contributed by atoms with E-state index in [0.29, 0.717) is 12.5 Å². The number of amides is 1. The molecule has 2 N–H and O–H groups in total. The summed E-state index contributed by atoms with van der Waals surface area (Å²) < 4.78 is 0. The lowest BCUT2D eigenvalue weighted by Gasteiger charge is -2.32. The molecular weight excluding hydrogens is 465 g/mol. The Morgan fingerprint density at radius 3 is 2.32 bits per heavy atom. The van der Waals surface area contributed by atoms with Gasteiger partial charge >= 0.3 is 0 Å². The fraction of sp³-hybridized carbons (Fsp3) is 0.905. The summed E-state index contributed by atoms with van der Waals surface area (Å²) in [6.07, 6.45) is 7.95. The lowest BCUT2D eigenvalue weighted by Crippen LogP contribution is -2.45. The van der Waals surface area contributed by atoms with E-state index in [4.69, 9.17) is 4.99 Å². The van der Waals surface area contributed by atoms with Crippen LogP contribution in [0, 0.1) is 11.3 Å². The second-order valence-corrected chi connectivity index (χ2v) is 8.55. The van der Waals surface area contributed by atoms with Crippen molar-refractivity contribution in [1.82, 2.24) is 20.4 Å². The third-order valence-electron chi connectivity index (χ3n) is 6.11. The Kier molecular flexibility index (Phi) is 11.7. The lowest BCUT2D eigenvalue weighted by atomic mass is 9.85. The van der Waals surface area contributed by atoms with Gasteiger partial charge in [0.25, 0.3) is 0 Å². The molecule has 0 spiro atoms. The minimum atomic E-state index is -0.294. The van der Waals surface area contributed by atoms with Gasteiger partial charge in [0, 0.05) is 27.2 Å². The SMILES string of the molecule is CCCN1CCC(CNC(=NCC2(C(=O)N(C)C)CCCC2)NCC)CC1.I. The van der Waals surface area contributed by atoms with Crippen molar-refractivity contribution >= 4 is 35.8 Å². The molecule has 2 aliphatic rings. The number of likely N-dealkylation sites (tertiary alicyclic amines) is 1. The van der Waals surface area contributed by atoms with Crippen LogP contribution in [0.1, 0.15) is 58.8 Å². The summed E-state index contributed by atoms with van der Waals surface area (Å²) in [6.45, 7) is 10.4. The highest BCUT2D eigenvalue weighted by molar-refractivity contribution is 14.0. The quantitative estimate of drug-likeness (QED) is 0.302. The van der Waals surface area contributed by atoms with Crippen molar-refractivity contribution in [1.29, 1.82) is 0 Å². The zero-order valence-corrected chi connectivity index (χ0v) is 20.8. The van der Waals surface area contributed by atoms with E-state index >= 15 is 0 Å². The zero-order valence-electron chi connectivity index (χ0n) is 18.4. The molecule has 7 heteroatoms. The molecule has 2 fully saturated rings. The number of carbonyl (C=O) groups is 1. The second-order valence-electron chi connectivity index (χ2n) is 8.55. The van der Waals surface area contributed by atoms with Gasteiger partial charge in [0.15, 0.2) is 5.96 Å². The van der Waals surface area contributed by atoms with E-state index < -0.39 is 0 Å². The van der Waals surface area contributed by atoms with Gasteiger partial charge in [-0.25, -0.2) is 0 Å². The molecule has 0 bridgehead atoms. The zero-order chi connectivity index (χ0) is 19.7. The number of hydrogen-bond donors (Lipinski definition) is 2. The predicted molar refractivity (Wildman–Crippen MR) is 128 cm³/mol. The maximum absolute atomic E-state index is 12.7. The number of aliphatic imine (C=N–C) groups is 1. The topological polar surface area (TPSA) is 60.0 Å². The first-order chi connectivity index (χ1) is 13.0. The minimum Gasteiger partial charge on any atom is -0.357 e. The highest BCUT2D eigenvalue weighted by Gasteiger charge is 2.42. The van der Waals surface area contributed by atoms with Gasteiger partial charge in [-0.05, 0) is 64.6 Å². The molecule has 0 aromatic rings. The Hall–Kier alpha value is -0.570. The molecule has 1 aliphatic heterocycles. The van der Waals surface area contributed by atoms with Crippen molar-refractivity contribution in [2.24, 2.45) is 16.3 Å². The van der Waals surface area contributed by atoms with E-state index in [1.165, 1.54) is 38.9 Å². The van der Waals surface area contributed by atoms with Crippen LogP contribution in [0.3, 0.4) is 0 Å². The van der Waals surface area contributed by atoms with Crippen LogP contribution in [0.4, 0.5) is 0 Å². The average Bonchev–Trinajstić information content (AvgIpc) is 3.15. The van der Waals surface area contributed by atoms with Crippen LogP contribution in [0.15, 0.2) is 4.99 Å². The maximum atomic E-state index is 12.7. The third-order valence-corrected chi connectivity index (χ3v) is 6.11. The molecule has 6 nitrogen and oxygen atoms in total. The average molecular weight is 508 g/mol. The number of hydrogen-bond acceptors (Lipinski definition) is 3. The predicted octanol–water partition coefficient (Wildman–Crippen LogP) is 2.93. The first-order valence-electron chi connectivity index (χ1n) is 11.0. The summed E-state index contributed by atoms with van der Waals surface area (Å²) in [5.74, 6) is 1.82. The number of piperidine rings is 1. The van der Waals surface area contributed by atoms with Gasteiger partial charge in [-0.3, -0.25) is 9.79 Å². The molecule has 2 rings (SSSR count). The lowest BCUT2D eigenvalue weighted by molar-refractivity contribution is -0.138. The van der Waals surface area contributed by atoms with Crippen molar-refractivity contribution < 1.29 is 4.79 Å². The van der Waals surface area contributed by atoms with Gasteiger partial charge in [-0.2, -0.15) is 0 Å². The number of guanidine groups is 1. The normalized spacial score (nSPS) is 20.5. The summed E-state index contributed by atoms with van der Waals surface area (Å²) in [5.41, 5.74) is -0.294. The van der Waals surface area contributed by atoms with Gasteiger partial charge < -0.3 is 20.4 Å². The Labute approximate surface area is 189 Å². The van der Waals surface area contributed by atoms with E-state index in [1.807, 2.05) is 14.1 Å². The third kappa shape index (κ3) is 7.35. The molecule has 164 valence electrons. The Bertz CT molecular complexity index is 483. The first kappa shape index (κ1) is 25.5. The van der Waals surface area contributed by atoms with Gasteiger partial charge in [0.2, 0.25) is 5.91 Å². The summed E-state index contributed by atoms with van der Waals surface area (Å²) >= 11 is 0. The molecule has 1 amide bonds. The van der Waals surface area contributed by atoms with E-state index in [2.05, 4.69) is 29.4 Å². The number of carbonyl (C=O) groups excluding carboxylic acids is 1. The van der Waals surface area contributed by atoms with Crippen LogP contribution in [-0.2, 0) is 4.79 Å². The molecule has 0 aromatic carbocycles. The van der Waals surface area contributed by atoms with Gasteiger partial charge in [-0.15, -0.1) is 24.0 Å². The molecule has 1 aliphatic carbocycles. The van der Waals surface area contributed by atoms with Crippen molar-refractivity contribution in [2.45, 2.75) is 58.8 Å². The number of rotatable bonds is 8. The van der Waals surface area contributed by atoms with Gasteiger partial charge in [0.1, 0.15) is 0 Å². The van der Waals surface area contributed by atoms with Crippen molar-refractivity contribution in [2.75, 3.05) is 53.4 Å². The maximum Gasteiger partial charge on any atom is 0.230 e. The molecule has 0 aromatic heterocycles. The van der Waals surface area contributed by atoms with Gasteiger partial charge in [-0.1, -0.05) is 19.8 Å². The molecule has 1 saturated carbocycles. The largest absolute Gasteiger partial charge is 0.357 e. The highest BCUT2D eigenvalue weighted by Crippen LogP contribution is 2.39. The van der Waals surface area contributed by atoms with Crippen molar-refractivity contribution in [3.8, 4) is 0 Å². The first-order valence-corrected chi connectivity index (χ1v) is 11.0. The van der Waals surface area contributed by atoms with E-state index in [0.717, 1.165) is 44.7 Å². The smallest absolute Gasteiger partial charge is 0.230 e. The van der Waals surface area contributed by atoms with E-state index in [9.17, 15) is 4.79 Å². The second kappa shape index (κ2) is 12.9. The number of halogens is 1. The number of nitrogens with zero attached hydrogens (tertiary/aromatic N) is 3. The van der Waals surface area contributed by atoms with Crippen molar-refractivity contribution in [3.63, 3.8) is 0 Å². The Balaban J connectivity index is 0.00000392. The van der Waals surface area contributed by atoms with Crippen LogP contribution in [0.5, 0.6) is 0 Å². The highest BCUT2D eigenvalue weighted by atomic mass is 127.